The minimum atomic E-state index is -0.340. The van der Waals surface area contributed by atoms with Gasteiger partial charge in [0.05, 0.1) is 6.10 Å². The van der Waals surface area contributed by atoms with E-state index in [4.69, 9.17) is 0 Å². The molecule has 0 amide bonds. The average Bonchev–Trinajstić information content (AvgIpc) is 2.43. The van der Waals surface area contributed by atoms with Crippen LogP contribution in [0.15, 0.2) is 24.3 Å². The molecule has 19 heavy (non-hydrogen) atoms. The van der Waals surface area contributed by atoms with E-state index in [9.17, 15) is 9.50 Å². The van der Waals surface area contributed by atoms with Crippen LogP contribution in [0.1, 0.15) is 19.4 Å². The van der Waals surface area contributed by atoms with Gasteiger partial charge in [-0.1, -0.05) is 26.0 Å². The molecule has 0 heterocycles. The molecule has 1 aromatic rings. The third-order valence-corrected chi connectivity index (χ3v) is 3.25. The molecule has 0 bridgehead atoms. The van der Waals surface area contributed by atoms with Gasteiger partial charge >= 0.3 is 0 Å². The summed E-state index contributed by atoms with van der Waals surface area (Å²) >= 11 is 0. The Morgan fingerprint density at radius 3 is 2.42 bits per heavy atom. The summed E-state index contributed by atoms with van der Waals surface area (Å²) in [6, 6.07) is 6.54. The smallest absolute Gasteiger partial charge is 0.123 e. The number of benzene rings is 1. The molecule has 0 aliphatic carbocycles. The van der Waals surface area contributed by atoms with E-state index in [1.807, 2.05) is 0 Å². The third-order valence-electron chi connectivity index (χ3n) is 3.25. The molecular formula is C15H25FN2O. The Hall–Kier alpha value is -0.970. The van der Waals surface area contributed by atoms with Gasteiger partial charge in [0, 0.05) is 13.1 Å². The molecule has 0 saturated heterocycles. The van der Waals surface area contributed by atoms with Crippen LogP contribution in [0.5, 0.6) is 0 Å². The van der Waals surface area contributed by atoms with Crippen molar-refractivity contribution in [2.24, 2.45) is 0 Å². The number of nitrogens with one attached hydrogen (secondary N) is 1. The van der Waals surface area contributed by atoms with Crippen LogP contribution in [0.2, 0.25) is 0 Å². The van der Waals surface area contributed by atoms with Crippen molar-refractivity contribution in [3.8, 4) is 0 Å². The van der Waals surface area contributed by atoms with E-state index in [0.717, 1.165) is 31.6 Å². The molecule has 0 aromatic heterocycles. The summed E-state index contributed by atoms with van der Waals surface area (Å²) < 4.78 is 12.7. The minimum Gasteiger partial charge on any atom is -0.390 e. The molecule has 1 atom stereocenters. The molecule has 3 nitrogen and oxygen atoms in total. The zero-order chi connectivity index (χ0) is 14.1. The number of aliphatic hydroxyl groups is 1. The highest BCUT2D eigenvalue weighted by Gasteiger charge is 2.07. The summed E-state index contributed by atoms with van der Waals surface area (Å²) in [4.78, 5) is 2.20. The molecule has 4 heteroatoms. The second-order valence-electron chi connectivity index (χ2n) is 4.72. The topological polar surface area (TPSA) is 35.5 Å². The maximum atomic E-state index is 12.7. The van der Waals surface area contributed by atoms with E-state index in [1.54, 1.807) is 12.1 Å². The number of rotatable bonds is 9. The summed E-state index contributed by atoms with van der Waals surface area (Å²) in [5, 5.41) is 13.1. The summed E-state index contributed by atoms with van der Waals surface area (Å²) in [6.45, 7) is 8.21. The summed E-state index contributed by atoms with van der Waals surface area (Å²) in [7, 11) is 0. The number of hydrogen-bond acceptors (Lipinski definition) is 3. The van der Waals surface area contributed by atoms with Gasteiger partial charge < -0.3 is 15.3 Å². The standard InChI is InChI=1S/C15H25FN2O/c1-3-18(4-2)12-15(19)11-17-10-9-13-5-7-14(16)8-6-13/h5-8,15,17,19H,3-4,9-12H2,1-2H3. The molecule has 0 fully saturated rings. The summed E-state index contributed by atoms with van der Waals surface area (Å²) in [6.07, 6.45) is 0.506. The van der Waals surface area contributed by atoms with Gasteiger partial charge in [0.2, 0.25) is 0 Å². The number of hydrogen-bond donors (Lipinski definition) is 2. The van der Waals surface area contributed by atoms with Crippen LogP contribution < -0.4 is 5.32 Å². The molecule has 1 rings (SSSR count). The first-order valence-corrected chi connectivity index (χ1v) is 7.01. The Morgan fingerprint density at radius 1 is 1.21 bits per heavy atom. The van der Waals surface area contributed by atoms with E-state index in [-0.39, 0.29) is 11.9 Å². The molecule has 0 saturated carbocycles. The van der Waals surface area contributed by atoms with Gasteiger partial charge in [-0.2, -0.15) is 0 Å². The van der Waals surface area contributed by atoms with Gasteiger partial charge in [-0.3, -0.25) is 0 Å². The van der Waals surface area contributed by atoms with E-state index in [0.29, 0.717) is 13.1 Å². The molecule has 0 radical (unpaired) electrons. The van der Waals surface area contributed by atoms with Gasteiger partial charge in [0.1, 0.15) is 5.82 Å². The van der Waals surface area contributed by atoms with Crippen LogP contribution in [0.3, 0.4) is 0 Å². The third kappa shape index (κ3) is 6.66. The van der Waals surface area contributed by atoms with Crippen LogP contribution >= 0.6 is 0 Å². The van der Waals surface area contributed by atoms with E-state index < -0.39 is 0 Å². The lowest BCUT2D eigenvalue weighted by Crippen LogP contribution is -2.38. The van der Waals surface area contributed by atoms with Gasteiger partial charge in [0.15, 0.2) is 0 Å². The Kier molecular flexibility index (Phi) is 7.63. The number of halogens is 1. The maximum absolute atomic E-state index is 12.7. The van der Waals surface area contributed by atoms with Crippen LogP contribution in [0.4, 0.5) is 4.39 Å². The van der Waals surface area contributed by atoms with Gasteiger partial charge in [-0.05, 0) is 43.8 Å². The number of likely N-dealkylation sites (N-methyl/N-ethyl adjacent to an activating group) is 1. The predicted molar refractivity (Wildman–Crippen MR) is 76.8 cm³/mol. The van der Waals surface area contributed by atoms with Crippen molar-refractivity contribution in [2.45, 2.75) is 26.4 Å². The molecule has 2 N–H and O–H groups in total. The molecule has 108 valence electrons. The first-order chi connectivity index (χ1) is 9.15. The van der Waals surface area contributed by atoms with Crippen molar-refractivity contribution < 1.29 is 9.50 Å². The SMILES string of the molecule is CCN(CC)CC(O)CNCCc1ccc(F)cc1. The fourth-order valence-electron chi connectivity index (χ4n) is 2.00. The highest BCUT2D eigenvalue weighted by molar-refractivity contribution is 5.16. The summed E-state index contributed by atoms with van der Waals surface area (Å²) in [5.74, 6) is -0.202. The quantitative estimate of drug-likeness (QED) is 0.669. The van der Waals surface area contributed by atoms with Crippen molar-refractivity contribution in [3.63, 3.8) is 0 Å². The van der Waals surface area contributed by atoms with E-state index in [1.165, 1.54) is 12.1 Å². The van der Waals surface area contributed by atoms with Gasteiger partial charge in [-0.25, -0.2) is 4.39 Å². The highest BCUT2D eigenvalue weighted by atomic mass is 19.1. The molecule has 1 aromatic carbocycles. The highest BCUT2D eigenvalue weighted by Crippen LogP contribution is 2.02. The minimum absolute atomic E-state index is 0.202. The van der Waals surface area contributed by atoms with E-state index in [2.05, 4.69) is 24.1 Å². The maximum Gasteiger partial charge on any atom is 0.123 e. The molecular weight excluding hydrogens is 243 g/mol. The Balaban J connectivity index is 2.14. The Bertz CT molecular complexity index is 339. The molecule has 0 aliphatic rings. The predicted octanol–water partition coefficient (Wildman–Crippen LogP) is 1.66. The second kappa shape index (κ2) is 9.02. The number of nitrogens with zero attached hydrogens (tertiary/aromatic N) is 1. The summed E-state index contributed by atoms with van der Waals surface area (Å²) in [5.41, 5.74) is 1.10. The van der Waals surface area contributed by atoms with Gasteiger partial charge in [0.25, 0.3) is 0 Å². The first-order valence-electron chi connectivity index (χ1n) is 7.01. The zero-order valence-corrected chi connectivity index (χ0v) is 11.9. The fraction of sp³-hybridized carbons (Fsp3) is 0.600. The van der Waals surface area contributed by atoms with Crippen molar-refractivity contribution in [3.05, 3.63) is 35.6 Å². The van der Waals surface area contributed by atoms with Crippen molar-refractivity contribution in [1.82, 2.24) is 10.2 Å². The first kappa shape index (κ1) is 16.1. The molecule has 0 spiro atoms. The lowest BCUT2D eigenvalue weighted by atomic mass is 10.1. The van der Waals surface area contributed by atoms with Crippen molar-refractivity contribution >= 4 is 0 Å². The lowest BCUT2D eigenvalue weighted by Gasteiger charge is -2.22. The van der Waals surface area contributed by atoms with Crippen LogP contribution in [-0.2, 0) is 6.42 Å². The second-order valence-corrected chi connectivity index (χ2v) is 4.72. The van der Waals surface area contributed by atoms with Crippen LogP contribution in [0.25, 0.3) is 0 Å². The Morgan fingerprint density at radius 2 is 1.84 bits per heavy atom. The van der Waals surface area contributed by atoms with Crippen LogP contribution in [-0.4, -0.2) is 48.8 Å². The van der Waals surface area contributed by atoms with E-state index >= 15 is 0 Å². The monoisotopic (exact) mass is 268 g/mol. The van der Waals surface area contributed by atoms with Crippen molar-refractivity contribution in [1.29, 1.82) is 0 Å². The number of aliphatic hydroxyl groups excluding tert-OH is 1. The largest absolute Gasteiger partial charge is 0.390 e. The van der Waals surface area contributed by atoms with Gasteiger partial charge in [-0.15, -0.1) is 0 Å². The lowest BCUT2D eigenvalue weighted by molar-refractivity contribution is 0.117. The normalized spacial score (nSPS) is 12.9. The van der Waals surface area contributed by atoms with Crippen LogP contribution in [0, 0.1) is 5.82 Å². The van der Waals surface area contributed by atoms with Crippen molar-refractivity contribution in [2.75, 3.05) is 32.7 Å². The average molecular weight is 268 g/mol. The Labute approximate surface area is 115 Å². The fourth-order valence-corrected chi connectivity index (χ4v) is 2.00. The molecule has 1 unspecified atom stereocenters. The molecule has 0 aliphatic heterocycles. The zero-order valence-electron chi connectivity index (χ0n) is 11.9.